The highest BCUT2D eigenvalue weighted by Crippen LogP contribution is 2.16. The van der Waals surface area contributed by atoms with Crippen molar-refractivity contribution in [1.29, 1.82) is 0 Å². The smallest absolute Gasteiger partial charge is 0.221 e. The topological polar surface area (TPSA) is 41.1 Å². The van der Waals surface area contributed by atoms with Crippen LogP contribution in [0.25, 0.3) is 0 Å². The summed E-state index contributed by atoms with van der Waals surface area (Å²) in [6.45, 7) is 5.25. The first-order valence-corrected chi connectivity index (χ1v) is 6.42. The lowest BCUT2D eigenvalue weighted by Gasteiger charge is -2.17. The second-order valence-corrected chi connectivity index (χ2v) is 4.17. The highest BCUT2D eigenvalue weighted by Gasteiger charge is 2.09. The number of carbonyl (C=O) groups is 1. The lowest BCUT2D eigenvalue weighted by atomic mass is 10.0. The maximum atomic E-state index is 12.8. The lowest BCUT2D eigenvalue weighted by molar-refractivity contribution is -0.120. The Morgan fingerprint density at radius 2 is 1.94 bits per heavy atom. The average molecular weight is 252 g/mol. The molecular formula is C14H21FN2O. The van der Waals surface area contributed by atoms with Crippen LogP contribution in [0.3, 0.4) is 0 Å². The number of carbonyl (C=O) groups excluding carboxylic acids is 1. The van der Waals surface area contributed by atoms with Gasteiger partial charge in [0.05, 0.1) is 0 Å². The van der Waals surface area contributed by atoms with Gasteiger partial charge in [-0.05, 0) is 31.0 Å². The molecule has 1 unspecified atom stereocenters. The molecule has 0 fully saturated rings. The predicted molar refractivity (Wildman–Crippen MR) is 70.7 cm³/mol. The number of rotatable bonds is 7. The van der Waals surface area contributed by atoms with E-state index in [1.54, 1.807) is 12.1 Å². The highest BCUT2D eigenvalue weighted by atomic mass is 19.1. The van der Waals surface area contributed by atoms with Crippen molar-refractivity contribution in [3.05, 3.63) is 35.6 Å². The van der Waals surface area contributed by atoms with E-state index in [4.69, 9.17) is 0 Å². The maximum Gasteiger partial charge on any atom is 0.221 e. The monoisotopic (exact) mass is 252 g/mol. The summed E-state index contributed by atoms with van der Waals surface area (Å²) in [5, 5.41) is 6.07. The Labute approximate surface area is 108 Å². The van der Waals surface area contributed by atoms with Gasteiger partial charge in [0.25, 0.3) is 0 Å². The van der Waals surface area contributed by atoms with Gasteiger partial charge < -0.3 is 10.6 Å². The van der Waals surface area contributed by atoms with Gasteiger partial charge in [-0.1, -0.05) is 19.1 Å². The molecule has 1 atom stereocenters. The number of nitrogens with one attached hydrogen (secondary N) is 2. The molecular weight excluding hydrogens is 231 g/mol. The first kappa shape index (κ1) is 14.6. The third kappa shape index (κ3) is 4.84. The van der Waals surface area contributed by atoms with E-state index in [0.29, 0.717) is 19.5 Å². The minimum atomic E-state index is -0.226. The van der Waals surface area contributed by atoms with Crippen molar-refractivity contribution in [2.45, 2.75) is 32.7 Å². The van der Waals surface area contributed by atoms with Crippen LogP contribution in [0, 0.1) is 5.82 Å². The Morgan fingerprint density at radius 1 is 1.28 bits per heavy atom. The molecule has 18 heavy (non-hydrogen) atoms. The molecule has 0 aliphatic carbocycles. The summed E-state index contributed by atoms with van der Waals surface area (Å²) in [4.78, 5) is 11.3. The zero-order valence-corrected chi connectivity index (χ0v) is 11.0. The van der Waals surface area contributed by atoms with Crippen molar-refractivity contribution in [2.75, 3.05) is 13.1 Å². The molecule has 1 amide bonds. The van der Waals surface area contributed by atoms with E-state index in [2.05, 4.69) is 17.6 Å². The van der Waals surface area contributed by atoms with Crippen LogP contribution in [0.5, 0.6) is 0 Å². The molecule has 0 heterocycles. The number of hydrogen-bond donors (Lipinski definition) is 2. The first-order valence-electron chi connectivity index (χ1n) is 6.42. The highest BCUT2D eigenvalue weighted by molar-refractivity contribution is 5.75. The molecule has 0 radical (unpaired) electrons. The van der Waals surface area contributed by atoms with E-state index < -0.39 is 0 Å². The van der Waals surface area contributed by atoms with Crippen LogP contribution in [-0.2, 0) is 4.79 Å². The zero-order chi connectivity index (χ0) is 13.4. The molecule has 2 N–H and O–H groups in total. The summed E-state index contributed by atoms with van der Waals surface area (Å²) in [5.74, 6) is -0.171. The molecule has 0 bridgehead atoms. The molecule has 0 aliphatic heterocycles. The van der Waals surface area contributed by atoms with Crippen LogP contribution < -0.4 is 10.6 Å². The van der Waals surface area contributed by atoms with E-state index in [9.17, 15) is 9.18 Å². The van der Waals surface area contributed by atoms with Gasteiger partial charge in [-0.3, -0.25) is 4.79 Å². The SMILES string of the molecule is CCNC(=O)CCNC(CC)c1ccc(F)cc1. The van der Waals surface area contributed by atoms with E-state index in [-0.39, 0.29) is 17.8 Å². The Hall–Kier alpha value is -1.42. The standard InChI is InChI=1S/C14H21FN2O/c1-3-13(11-5-7-12(15)8-6-11)17-10-9-14(18)16-4-2/h5-8,13,17H,3-4,9-10H2,1-2H3,(H,16,18). The van der Waals surface area contributed by atoms with Crippen LogP contribution in [0.2, 0.25) is 0 Å². The zero-order valence-electron chi connectivity index (χ0n) is 11.0. The van der Waals surface area contributed by atoms with Crippen molar-refractivity contribution in [3.63, 3.8) is 0 Å². The fraction of sp³-hybridized carbons (Fsp3) is 0.500. The van der Waals surface area contributed by atoms with E-state index in [0.717, 1.165) is 12.0 Å². The van der Waals surface area contributed by atoms with Crippen molar-refractivity contribution in [3.8, 4) is 0 Å². The summed E-state index contributed by atoms with van der Waals surface area (Å²) in [6, 6.07) is 6.65. The summed E-state index contributed by atoms with van der Waals surface area (Å²) in [5.41, 5.74) is 1.05. The van der Waals surface area contributed by atoms with Gasteiger partial charge in [0.1, 0.15) is 5.82 Å². The predicted octanol–water partition coefficient (Wildman–Crippen LogP) is 2.39. The first-order chi connectivity index (χ1) is 8.67. The van der Waals surface area contributed by atoms with E-state index in [1.165, 1.54) is 12.1 Å². The second-order valence-electron chi connectivity index (χ2n) is 4.17. The van der Waals surface area contributed by atoms with Crippen LogP contribution in [0.4, 0.5) is 4.39 Å². The fourth-order valence-electron chi connectivity index (χ4n) is 1.84. The van der Waals surface area contributed by atoms with Crippen molar-refractivity contribution < 1.29 is 9.18 Å². The van der Waals surface area contributed by atoms with Crippen molar-refractivity contribution in [2.24, 2.45) is 0 Å². The minimum absolute atomic E-state index is 0.0546. The molecule has 1 rings (SSSR count). The van der Waals surface area contributed by atoms with Crippen LogP contribution in [0.15, 0.2) is 24.3 Å². The molecule has 0 saturated heterocycles. The van der Waals surface area contributed by atoms with Crippen LogP contribution in [0.1, 0.15) is 38.3 Å². The third-order valence-corrected chi connectivity index (χ3v) is 2.80. The second kappa shape index (κ2) is 7.82. The lowest BCUT2D eigenvalue weighted by Crippen LogP contribution is -2.29. The molecule has 0 spiro atoms. The normalized spacial score (nSPS) is 12.2. The third-order valence-electron chi connectivity index (χ3n) is 2.80. The van der Waals surface area contributed by atoms with Gasteiger partial charge >= 0.3 is 0 Å². The average Bonchev–Trinajstić information content (AvgIpc) is 2.36. The maximum absolute atomic E-state index is 12.8. The fourth-order valence-corrected chi connectivity index (χ4v) is 1.84. The van der Waals surface area contributed by atoms with Gasteiger partial charge in [0.2, 0.25) is 5.91 Å². The molecule has 1 aromatic rings. The molecule has 0 aliphatic rings. The van der Waals surface area contributed by atoms with Crippen molar-refractivity contribution >= 4 is 5.91 Å². The van der Waals surface area contributed by atoms with Crippen LogP contribution >= 0.6 is 0 Å². The summed E-state index contributed by atoms with van der Waals surface area (Å²) < 4.78 is 12.8. The van der Waals surface area contributed by atoms with Gasteiger partial charge in [-0.15, -0.1) is 0 Å². The molecule has 0 saturated carbocycles. The molecule has 3 nitrogen and oxygen atoms in total. The Morgan fingerprint density at radius 3 is 2.50 bits per heavy atom. The number of amides is 1. The van der Waals surface area contributed by atoms with E-state index in [1.807, 2.05) is 6.92 Å². The van der Waals surface area contributed by atoms with Crippen LogP contribution in [-0.4, -0.2) is 19.0 Å². The molecule has 1 aromatic carbocycles. The summed E-state index contributed by atoms with van der Waals surface area (Å²) in [6.07, 6.45) is 1.37. The van der Waals surface area contributed by atoms with Gasteiger partial charge in [-0.2, -0.15) is 0 Å². The van der Waals surface area contributed by atoms with Gasteiger partial charge in [0, 0.05) is 25.6 Å². The largest absolute Gasteiger partial charge is 0.356 e. The molecule has 100 valence electrons. The van der Waals surface area contributed by atoms with E-state index >= 15 is 0 Å². The van der Waals surface area contributed by atoms with Gasteiger partial charge in [0.15, 0.2) is 0 Å². The Kier molecular flexibility index (Phi) is 6.36. The molecule has 0 aromatic heterocycles. The summed E-state index contributed by atoms with van der Waals surface area (Å²) >= 11 is 0. The Balaban J connectivity index is 2.42. The number of halogens is 1. The number of hydrogen-bond acceptors (Lipinski definition) is 2. The quantitative estimate of drug-likeness (QED) is 0.782. The summed E-state index contributed by atoms with van der Waals surface area (Å²) in [7, 11) is 0. The minimum Gasteiger partial charge on any atom is -0.356 e. The molecule has 4 heteroatoms. The Bertz CT molecular complexity index is 365. The van der Waals surface area contributed by atoms with Gasteiger partial charge in [-0.25, -0.2) is 4.39 Å². The number of benzene rings is 1. The van der Waals surface area contributed by atoms with Crippen molar-refractivity contribution in [1.82, 2.24) is 10.6 Å².